The molecule has 4 aromatic rings. The smallest absolute Gasteiger partial charge is 0.264 e. The van der Waals surface area contributed by atoms with E-state index in [4.69, 9.17) is 34.8 Å². The molecule has 1 atom stereocenters. The summed E-state index contributed by atoms with van der Waals surface area (Å²) >= 11 is 18.9. The van der Waals surface area contributed by atoms with Crippen LogP contribution in [0.2, 0.25) is 15.1 Å². The number of nitrogens with zero attached hydrogens (tertiary/aromatic N) is 2. The second kappa shape index (κ2) is 15.8. The quantitative estimate of drug-likeness (QED) is 0.156. The number of hydrogen-bond acceptors (Lipinski definition) is 4. The summed E-state index contributed by atoms with van der Waals surface area (Å²) in [6, 6.07) is 25.8. The highest BCUT2D eigenvalue weighted by Crippen LogP contribution is 2.28. The van der Waals surface area contributed by atoms with Crippen molar-refractivity contribution >= 4 is 62.3 Å². The first-order valence-corrected chi connectivity index (χ1v) is 17.3. The van der Waals surface area contributed by atoms with Crippen LogP contribution in [0.5, 0.6) is 0 Å². The molecule has 0 aromatic heterocycles. The molecule has 11 heteroatoms. The van der Waals surface area contributed by atoms with Crippen molar-refractivity contribution in [2.75, 3.05) is 17.4 Å². The van der Waals surface area contributed by atoms with Crippen molar-refractivity contribution in [3.8, 4) is 0 Å². The zero-order valence-electron chi connectivity index (χ0n) is 25.8. The second-order valence-electron chi connectivity index (χ2n) is 11.4. The number of sulfonamides is 1. The van der Waals surface area contributed by atoms with Crippen LogP contribution >= 0.6 is 34.8 Å². The van der Waals surface area contributed by atoms with E-state index in [0.29, 0.717) is 27.2 Å². The van der Waals surface area contributed by atoms with Crippen molar-refractivity contribution in [2.45, 2.75) is 44.7 Å². The Labute approximate surface area is 286 Å². The van der Waals surface area contributed by atoms with Crippen molar-refractivity contribution < 1.29 is 18.0 Å². The predicted octanol–water partition coefficient (Wildman–Crippen LogP) is 7.56. The van der Waals surface area contributed by atoms with Gasteiger partial charge >= 0.3 is 0 Å². The van der Waals surface area contributed by atoms with Crippen molar-refractivity contribution in [2.24, 2.45) is 5.92 Å². The average molecular weight is 701 g/mol. The molecule has 242 valence electrons. The van der Waals surface area contributed by atoms with Gasteiger partial charge in [0.25, 0.3) is 10.0 Å². The summed E-state index contributed by atoms with van der Waals surface area (Å²) in [6.45, 7) is 5.54. The van der Waals surface area contributed by atoms with Crippen molar-refractivity contribution in [1.29, 1.82) is 0 Å². The molecule has 0 radical (unpaired) electrons. The van der Waals surface area contributed by atoms with E-state index in [9.17, 15) is 18.0 Å². The molecule has 0 heterocycles. The number of rotatable bonds is 13. The van der Waals surface area contributed by atoms with Crippen molar-refractivity contribution in [3.63, 3.8) is 0 Å². The summed E-state index contributed by atoms with van der Waals surface area (Å²) in [5.74, 6) is -0.802. The van der Waals surface area contributed by atoms with E-state index < -0.39 is 28.5 Å². The molecule has 7 nitrogen and oxygen atoms in total. The molecule has 0 unspecified atom stereocenters. The maximum absolute atomic E-state index is 14.5. The SMILES string of the molecule is Cc1ccc(S(=O)(=O)N(CC(=O)N(Cc2ccc(Cl)cc2Cl)[C@@H](Cc2ccccc2)C(=O)NCC(C)C)c2ccc(Cl)cc2)cc1. The molecule has 4 rings (SSSR count). The molecule has 0 spiro atoms. The van der Waals surface area contributed by atoms with Gasteiger partial charge in [-0.05, 0) is 72.5 Å². The van der Waals surface area contributed by atoms with Gasteiger partial charge in [0.15, 0.2) is 0 Å². The third-order valence-electron chi connectivity index (χ3n) is 7.31. The number of anilines is 1. The maximum atomic E-state index is 14.5. The Bertz CT molecular complexity index is 1750. The topological polar surface area (TPSA) is 86.8 Å². The fraction of sp³-hybridized carbons (Fsp3) is 0.257. The lowest BCUT2D eigenvalue weighted by Gasteiger charge is -2.34. The van der Waals surface area contributed by atoms with Crippen molar-refractivity contribution in [3.05, 3.63) is 129 Å². The molecule has 2 amide bonds. The van der Waals surface area contributed by atoms with Gasteiger partial charge < -0.3 is 10.2 Å². The van der Waals surface area contributed by atoms with E-state index in [-0.39, 0.29) is 35.4 Å². The minimum Gasteiger partial charge on any atom is -0.354 e. The van der Waals surface area contributed by atoms with Crippen LogP contribution in [0, 0.1) is 12.8 Å². The first-order chi connectivity index (χ1) is 21.8. The van der Waals surface area contributed by atoms with E-state index >= 15 is 0 Å². The number of nitrogens with one attached hydrogen (secondary N) is 1. The van der Waals surface area contributed by atoms with Crippen LogP contribution in [0.4, 0.5) is 5.69 Å². The Morgan fingerprint density at radius 2 is 1.46 bits per heavy atom. The minimum absolute atomic E-state index is 0.0173. The number of aryl methyl sites for hydroxylation is 1. The first-order valence-electron chi connectivity index (χ1n) is 14.7. The van der Waals surface area contributed by atoms with E-state index in [1.54, 1.807) is 54.6 Å². The zero-order valence-corrected chi connectivity index (χ0v) is 28.9. The van der Waals surface area contributed by atoms with E-state index in [1.807, 2.05) is 51.1 Å². The minimum atomic E-state index is -4.23. The second-order valence-corrected chi connectivity index (χ2v) is 14.5. The van der Waals surface area contributed by atoms with Gasteiger partial charge in [-0.15, -0.1) is 0 Å². The number of amides is 2. The van der Waals surface area contributed by atoms with Gasteiger partial charge in [-0.25, -0.2) is 8.42 Å². The van der Waals surface area contributed by atoms with Crippen LogP contribution in [0.1, 0.15) is 30.5 Å². The lowest BCUT2D eigenvalue weighted by atomic mass is 10.0. The molecule has 0 aliphatic carbocycles. The zero-order chi connectivity index (χ0) is 33.4. The van der Waals surface area contributed by atoms with Gasteiger partial charge in [-0.1, -0.05) is 103 Å². The van der Waals surface area contributed by atoms with Gasteiger partial charge in [-0.2, -0.15) is 0 Å². The highest BCUT2D eigenvalue weighted by atomic mass is 35.5. The lowest BCUT2D eigenvalue weighted by molar-refractivity contribution is -0.140. The predicted molar refractivity (Wildman–Crippen MR) is 186 cm³/mol. The van der Waals surface area contributed by atoms with Crippen LogP contribution in [0.15, 0.2) is 102 Å². The first kappa shape index (κ1) is 35.3. The summed E-state index contributed by atoms with van der Waals surface area (Å²) in [5, 5.41) is 4.11. The normalized spacial score (nSPS) is 12.1. The molecule has 46 heavy (non-hydrogen) atoms. The highest BCUT2D eigenvalue weighted by Gasteiger charge is 2.35. The van der Waals surface area contributed by atoms with E-state index in [1.165, 1.54) is 17.0 Å². The Morgan fingerprint density at radius 1 is 0.826 bits per heavy atom. The fourth-order valence-corrected chi connectivity index (χ4v) is 6.79. The van der Waals surface area contributed by atoms with Crippen LogP contribution in [0.3, 0.4) is 0 Å². The van der Waals surface area contributed by atoms with Gasteiger partial charge in [0.1, 0.15) is 12.6 Å². The molecule has 0 saturated heterocycles. The van der Waals surface area contributed by atoms with Crippen LogP contribution in [-0.4, -0.2) is 44.3 Å². The molecule has 0 aliphatic rings. The van der Waals surface area contributed by atoms with Gasteiger partial charge in [-0.3, -0.25) is 13.9 Å². The average Bonchev–Trinajstić information content (AvgIpc) is 3.02. The highest BCUT2D eigenvalue weighted by molar-refractivity contribution is 7.92. The fourth-order valence-electron chi connectivity index (χ4n) is 4.78. The largest absolute Gasteiger partial charge is 0.354 e. The lowest BCUT2D eigenvalue weighted by Crippen LogP contribution is -2.53. The van der Waals surface area contributed by atoms with Crippen LogP contribution in [-0.2, 0) is 32.6 Å². The third kappa shape index (κ3) is 9.26. The molecule has 0 bridgehead atoms. The Kier molecular flexibility index (Phi) is 12.1. The van der Waals surface area contributed by atoms with E-state index in [0.717, 1.165) is 15.4 Å². The number of hydrogen-bond donors (Lipinski definition) is 1. The number of halogens is 3. The molecular weight excluding hydrogens is 665 g/mol. The molecular formula is C35H36Cl3N3O4S. The summed E-state index contributed by atoms with van der Waals surface area (Å²) in [5.41, 5.74) is 2.50. The van der Waals surface area contributed by atoms with Gasteiger partial charge in [0.05, 0.1) is 10.6 Å². The maximum Gasteiger partial charge on any atom is 0.264 e. The van der Waals surface area contributed by atoms with Crippen LogP contribution < -0.4 is 9.62 Å². The standard InChI is InChI=1S/C35H36Cl3N3O4S/c1-24(2)21-39-35(43)33(19-26-7-5-4-6-8-26)40(22-27-11-12-29(37)20-32(27)38)34(42)23-41(30-15-13-28(36)14-16-30)46(44,45)31-17-9-25(3)10-18-31/h4-18,20,24,33H,19,21-23H2,1-3H3,(H,39,43)/t33-/m0/s1. The van der Waals surface area contributed by atoms with E-state index in [2.05, 4.69) is 5.32 Å². The molecule has 4 aromatic carbocycles. The third-order valence-corrected chi connectivity index (χ3v) is 9.94. The summed E-state index contributed by atoms with van der Waals surface area (Å²) < 4.78 is 29.3. The summed E-state index contributed by atoms with van der Waals surface area (Å²) in [7, 11) is -4.23. The summed E-state index contributed by atoms with van der Waals surface area (Å²) in [4.78, 5) is 29.8. The van der Waals surface area contributed by atoms with Crippen LogP contribution in [0.25, 0.3) is 0 Å². The number of benzene rings is 4. The number of carbonyl (C=O) groups is 2. The van der Waals surface area contributed by atoms with Gasteiger partial charge in [0, 0.05) is 34.6 Å². The molecule has 0 saturated carbocycles. The monoisotopic (exact) mass is 699 g/mol. The molecule has 0 aliphatic heterocycles. The number of carbonyl (C=O) groups excluding carboxylic acids is 2. The summed E-state index contributed by atoms with van der Waals surface area (Å²) in [6.07, 6.45) is 0.188. The Balaban J connectivity index is 1.81. The molecule has 0 fully saturated rings. The Hall–Kier alpha value is -3.56. The van der Waals surface area contributed by atoms with Gasteiger partial charge in [0.2, 0.25) is 11.8 Å². The van der Waals surface area contributed by atoms with Crippen molar-refractivity contribution in [1.82, 2.24) is 10.2 Å². The Morgan fingerprint density at radius 3 is 2.07 bits per heavy atom. The molecule has 1 N–H and O–H groups in total.